The monoisotopic (exact) mass is 1180 g/mol. The van der Waals surface area contributed by atoms with Gasteiger partial charge in [-0.1, -0.05) is 121 Å². The highest BCUT2D eigenvalue weighted by Crippen LogP contribution is 2.34. The summed E-state index contributed by atoms with van der Waals surface area (Å²) in [7, 11) is 5.12. The van der Waals surface area contributed by atoms with Crippen LogP contribution in [0.4, 0.5) is 17.6 Å². The molecule has 12 rings (SSSR count). The fraction of sp³-hybridized carbons (Fsp3) is 0.137. The van der Waals surface area contributed by atoms with Crippen LogP contribution in [0.15, 0.2) is 231 Å². The molecule has 4 aromatic heterocycles. The highest BCUT2D eigenvalue weighted by Gasteiger charge is 2.21. The summed E-state index contributed by atoms with van der Waals surface area (Å²) in [6, 6.07) is 60.0. The Kier molecular flexibility index (Phi) is 21.2. The summed E-state index contributed by atoms with van der Waals surface area (Å²) >= 11 is 0. The third kappa shape index (κ3) is 15.5. The number of aromatic amines is 4. The second-order valence-corrected chi connectivity index (χ2v) is 20.6. The van der Waals surface area contributed by atoms with Crippen LogP contribution >= 0.6 is 0 Å². The van der Waals surface area contributed by atoms with Gasteiger partial charge in [-0.3, -0.25) is 9.59 Å². The third-order valence-corrected chi connectivity index (χ3v) is 14.9. The number of benzene rings is 8. The number of H-pyrrole nitrogens is 4. The Morgan fingerprint density at radius 1 is 0.443 bits per heavy atom. The SMILES string of the molecule is CCOC(=O)/C=C(/c1ccccc1)c1cc(F)c2[nH]ccc2c1.CNC(=O)/C=C(/c1ccccc1)c1cc(F)c2[nH]ccc2c1.CNC(=O)CC(c1ccccc1)c1cc(F)c2[nH]ccc2c1.CNCCC(c1ccccc1)c1cc(F)c2[nH]ccc2c1. The van der Waals surface area contributed by atoms with Crippen LogP contribution in [0, 0.1) is 23.3 Å². The van der Waals surface area contributed by atoms with Crippen molar-refractivity contribution in [2.75, 3.05) is 34.3 Å². The smallest absolute Gasteiger partial charge is 0.331 e. The number of aromatic nitrogens is 4. The van der Waals surface area contributed by atoms with E-state index in [-0.39, 0.29) is 53.3 Å². The second kappa shape index (κ2) is 30.0. The number of carbonyl (C=O) groups is 3. The highest BCUT2D eigenvalue weighted by molar-refractivity contribution is 6.01. The molecule has 4 heterocycles. The number of amides is 2. The Morgan fingerprint density at radius 2 is 0.830 bits per heavy atom. The first-order valence-electron chi connectivity index (χ1n) is 28.8. The maximum absolute atomic E-state index is 14.3. The summed E-state index contributed by atoms with van der Waals surface area (Å²) in [5, 5.41) is 11.7. The first kappa shape index (κ1) is 62.0. The molecule has 11 nitrogen and oxygen atoms in total. The second-order valence-electron chi connectivity index (χ2n) is 20.6. The Morgan fingerprint density at radius 3 is 1.24 bits per heavy atom. The standard InChI is InChI=1S/C19H16FNO2.C18H17FN2O.C18H15FN2O.C18H19FN2/c1-2-23-18(22)12-16(13-6-4-3-5-7-13)15-10-14-8-9-21-19(14)17(20)11-15;2*1-20-17(22)11-15(12-5-3-2-4-6-12)14-9-13-7-8-21-18(13)16(19)10-14;1-20-9-8-16(13-5-3-2-4-6-13)15-11-14-7-10-21-18(14)17(19)12-15/h3-12,21H,2H2,1H3;2-10,15,21H,11H2,1H3,(H,20,22);2-11,21H,1H3,(H,20,22);2-7,10-12,16,20-21H,8-9H2,1H3/b16-12-;;15-11-;. The van der Waals surface area contributed by atoms with Gasteiger partial charge in [0.05, 0.1) is 28.7 Å². The molecule has 88 heavy (non-hydrogen) atoms. The highest BCUT2D eigenvalue weighted by atomic mass is 19.1. The fourth-order valence-electron chi connectivity index (χ4n) is 10.6. The molecule has 2 amide bonds. The lowest BCUT2D eigenvalue weighted by atomic mass is 9.87. The van der Waals surface area contributed by atoms with Crippen LogP contribution in [-0.4, -0.2) is 72.0 Å². The number of rotatable bonds is 16. The normalized spacial score (nSPS) is 12.0. The lowest BCUT2D eigenvalue weighted by molar-refractivity contribution is -0.137. The number of esters is 1. The van der Waals surface area contributed by atoms with Gasteiger partial charge in [-0.25, -0.2) is 22.4 Å². The van der Waals surface area contributed by atoms with E-state index < -0.39 is 5.97 Å². The van der Waals surface area contributed by atoms with Crippen LogP contribution in [0.2, 0.25) is 0 Å². The van der Waals surface area contributed by atoms with Gasteiger partial charge >= 0.3 is 5.97 Å². The van der Waals surface area contributed by atoms with E-state index in [1.54, 1.807) is 57.9 Å². The van der Waals surface area contributed by atoms with Crippen LogP contribution in [0.25, 0.3) is 54.8 Å². The van der Waals surface area contributed by atoms with Crippen LogP contribution in [-0.2, 0) is 19.1 Å². The topological polar surface area (TPSA) is 160 Å². The minimum Gasteiger partial charge on any atom is -0.463 e. The van der Waals surface area contributed by atoms with Gasteiger partial charge < -0.3 is 40.6 Å². The van der Waals surface area contributed by atoms with Crippen molar-refractivity contribution in [3.63, 3.8) is 0 Å². The van der Waals surface area contributed by atoms with Gasteiger partial charge in [0, 0.05) is 90.8 Å². The molecule has 0 saturated heterocycles. The van der Waals surface area contributed by atoms with Crippen LogP contribution < -0.4 is 16.0 Å². The van der Waals surface area contributed by atoms with Crippen molar-refractivity contribution in [1.82, 2.24) is 35.9 Å². The molecule has 0 aliphatic carbocycles. The average Bonchev–Trinajstić information content (AvgIpc) is 3.70. The molecule has 2 unspecified atom stereocenters. The number of likely N-dealkylation sites (N-methyl/N-ethyl adjacent to an activating group) is 1. The van der Waals surface area contributed by atoms with E-state index >= 15 is 0 Å². The molecule has 0 saturated carbocycles. The molecule has 0 bridgehead atoms. The van der Waals surface area contributed by atoms with Crippen molar-refractivity contribution in [1.29, 1.82) is 0 Å². The minimum atomic E-state index is -0.444. The summed E-state index contributed by atoms with van der Waals surface area (Å²) in [6.07, 6.45) is 11.0. The largest absolute Gasteiger partial charge is 0.463 e. The molecular formula is C73H67F4N7O4. The average molecular weight is 1180 g/mol. The number of hydrogen-bond donors (Lipinski definition) is 7. The van der Waals surface area contributed by atoms with Gasteiger partial charge in [-0.05, 0) is 155 Å². The number of halogens is 4. The molecule has 446 valence electrons. The molecule has 12 aromatic rings. The third-order valence-electron chi connectivity index (χ3n) is 14.9. The van der Waals surface area contributed by atoms with Gasteiger partial charge in [0.25, 0.3) is 0 Å². The first-order chi connectivity index (χ1) is 42.8. The summed E-state index contributed by atoms with van der Waals surface area (Å²) in [5.74, 6) is -1.88. The number of hydrogen-bond acceptors (Lipinski definition) is 5. The van der Waals surface area contributed by atoms with Crippen LogP contribution in [0.3, 0.4) is 0 Å². The van der Waals surface area contributed by atoms with Gasteiger partial charge in [0.2, 0.25) is 11.8 Å². The van der Waals surface area contributed by atoms with E-state index in [9.17, 15) is 31.9 Å². The van der Waals surface area contributed by atoms with E-state index in [0.29, 0.717) is 50.9 Å². The molecular weight excluding hydrogens is 1110 g/mol. The van der Waals surface area contributed by atoms with Crippen LogP contribution in [0.1, 0.15) is 76.1 Å². The van der Waals surface area contributed by atoms with Gasteiger partial charge in [0.1, 0.15) is 23.3 Å². The summed E-state index contributed by atoms with van der Waals surface area (Å²) in [5.41, 5.74) is 10.4. The van der Waals surface area contributed by atoms with Crippen molar-refractivity contribution in [2.45, 2.75) is 31.6 Å². The zero-order chi connectivity index (χ0) is 61.9. The van der Waals surface area contributed by atoms with Crippen molar-refractivity contribution < 1.29 is 36.7 Å². The summed E-state index contributed by atoms with van der Waals surface area (Å²) in [4.78, 5) is 47.1. The first-order valence-corrected chi connectivity index (χ1v) is 28.8. The van der Waals surface area contributed by atoms with E-state index in [1.807, 2.05) is 153 Å². The minimum absolute atomic E-state index is 0.0663. The molecule has 0 spiro atoms. The molecule has 7 N–H and O–H groups in total. The van der Waals surface area contributed by atoms with Gasteiger partial charge in [0.15, 0.2) is 0 Å². The molecule has 8 aromatic carbocycles. The van der Waals surface area contributed by atoms with Crippen molar-refractivity contribution in [2.24, 2.45) is 0 Å². The van der Waals surface area contributed by atoms with Crippen LogP contribution in [0.5, 0.6) is 0 Å². The predicted octanol–water partition coefficient (Wildman–Crippen LogP) is 15.4. The maximum Gasteiger partial charge on any atom is 0.331 e. The lowest BCUT2D eigenvalue weighted by Crippen LogP contribution is -2.21. The summed E-state index contributed by atoms with van der Waals surface area (Å²) < 4.78 is 62.0. The van der Waals surface area contributed by atoms with E-state index in [1.165, 1.54) is 35.9 Å². The molecule has 15 heteroatoms. The molecule has 0 aliphatic heterocycles. The van der Waals surface area contributed by atoms with Gasteiger partial charge in [-0.15, -0.1) is 0 Å². The fourth-order valence-corrected chi connectivity index (χ4v) is 10.6. The predicted molar refractivity (Wildman–Crippen MR) is 345 cm³/mol. The number of carbonyl (C=O) groups excluding carboxylic acids is 3. The molecule has 0 radical (unpaired) electrons. The summed E-state index contributed by atoms with van der Waals surface area (Å²) in [6.45, 7) is 2.94. The molecule has 0 fully saturated rings. The van der Waals surface area contributed by atoms with E-state index in [0.717, 1.165) is 62.3 Å². The van der Waals surface area contributed by atoms with Crippen molar-refractivity contribution in [3.05, 3.63) is 299 Å². The quantitative estimate of drug-likeness (QED) is 0.0291. The number of ether oxygens (including phenoxy) is 1. The molecule has 0 aliphatic rings. The van der Waals surface area contributed by atoms with Crippen molar-refractivity contribution >= 4 is 72.5 Å². The molecule has 2 atom stereocenters. The number of fused-ring (bicyclic) bond motifs is 4. The van der Waals surface area contributed by atoms with E-state index in [4.69, 9.17) is 4.74 Å². The Bertz CT molecular complexity index is 4350. The number of nitrogens with one attached hydrogen (secondary N) is 7. The van der Waals surface area contributed by atoms with Crippen molar-refractivity contribution in [3.8, 4) is 0 Å². The lowest BCUT2D eigenvalue weighted by Gasteiger charge is -2.18. The Hall–Kier alpha value is -10.5. The zero-order valence-electron chi connectivity index (χ0n) is 49.1. The zero-order valence-corrected chi connectivity index (χ0v) is 49.1. The Labute approximate surface area is 507 Å². The van der Waals surface area contributed by atoms with Gasteiger partial charge in [-0.2, -0.15) is 0 Å². The Balaban J connectivity index is 0.000000140. The van der Waals surface area contributed by atoms with E-state index in [2.05, 4.69) is 54.1 Å². The maximum atomic E-state index is 14.3.